The molecule has 0 aliphatic heterocycles. The second-order valence-corrected chi connectivity index (χ2v) is 10.2. The van der Waals surface area contributed by atoms with Gasteiger partial charge in [-0.15, -0.1) is 0 Å². The zero-order valence-corrected chi connectivity index (χ0v) is 19.2. The number of fused-ring (bicyclic) bond motifs is 1. The maximum Gasteiger partial charge on any atom is 0.416 e. The molecule has 8 nitrogen and oxygen atoms in total. The molecule has 5 rings (SSSR count). The van der Waals surface area contributed by atoms with Crippen LogP contribution >= 0.6 is 0 Å². The van der Waals surface area contributed by atoms with Gasteiger partial charge in [0.1, 0.15) is 22.4 Å². The largest absolute Gasteiger partial charge is 0.416 e. The van der Waals surface area contributed by atoms with Gasteiger partial charge in [-0.3, -0.25) is 0 Å². The number of hydrogen-bond acceptors (Lipinski definition) is 7. The number of alkyl halides is 3. The third-order valence-electron chi connectivity index (χ3n) is 5.51. The number of nitrogens with zero attached hydrogens (tertiary/aromatic N) is 5. The van der Waals surface area contributed by atoms with Crippen molar-refractivity contribution in [3.8, 4) is 11.4 Å². The second kappa shape index (κ2) is 7.97. The minimum absolute atomic E-state index is 0.0388. The molecular weight excluding hydrogens is 488 g/mol. The molecule has 0 radical (unpaired) electrons. The third kappa shape index (κ3) is 4.31. The van der Waals surface area contributed by atoms with E-state index in [1.807, 2.05) is 0 Å². The van der Waals surface area contributed by atoms with Gasteiger partial charge < -0.3 is 9.88 Å². The highest BCUT2D eigenvalue weighted by molar-refractivity contribution is 7.91. The quantitative estimate of drug-likeness (QED) is 0.401. The van der Waals surface area contributed by atoms with Gasteiger partial charge in [0, 0.05) is 31.6 Å². The highest BCUT2D eigenvalue weighted by atomic mass is 32.2. The standard InChI is InChI=1S/C22H18F4N6O2S/c1-32(2)20-29-19(11-3-4-11)30-21(31-20)35(33,34)17-10-16-15(9-14(17)23)27-18(28-16)12-5-7-13(8-6-12)22(24,25)26/h5-11H,3-4H2,1-2H3,(H,27,28). The van der Waals surface area contributed by atoms with Crippen LogP contribution < -0.4 is 4.90 Å². The summed E-state index contributed by atoms with van der Waals surface area (Å²) >= 11 is 0. The normalized spacial score (nSPS) is 14.5. The molecule has 0 bridgehead atoms. The van der Waals surface area contributed by atoms with E-state index in [1.54, 1.807) is 14.1 Å². The van der Waals surface area contributed by atoms with Crippen LogP contribution in [0.3, 0.4) is 0 Å². The van der Waals surface area contributed by atoms with Crippen molar-refractivity contribution in [1.29, 1.82) is 0 Å². The van der Waals surface area contributed by atoms with E-state index in [0.29, 0.717) is 11.4 Å². The molecule has 35 heavy (non-hydrogen) atoms. The fourth-order valence-corrected chi connectivity index (χ4v) is 4.68. The summed E-state index contributed by atoms with van der Waals surface area (Å²) < 4.78 is 80.1. The van der Waals surface area contributed by atoms with Gasteiger partial charge in [-0.1, -0.05) is 12.1 Å². The zero-order valence-electron chi connectivity index (χ0n) is 18.4. The highest BCUT2D eigenvalue weighted by Crippen LogP contribution is 2.39. The lowest BCUT2D eigenvalue weighted by atomic mass is 10.1. The number of sulfone groups is 1. The van der Waals surface area contributed by atoms with Crippen LogP contribution in [0.25, 0.3) is 22.4 Å². The maximum atomic E-state index is 15.0. The Kier molecular flexibility index (Phi) is 5.27. The topological polar surface area (TPSA) is 105 Å². The lowest BCUT2D eigenvalue weighted by Crippen LogP contribution is -2.18. The van der Waals surface area contributed by atoms with E-state index < -0.39 is 37.4 Å². The van der Waals surface area contributed by atoms with Gasteiger partial charge in [0.25, 0.3) is 5.16 Å². The van der Waals surface area contributed by atoms with Gasteiger partial charge in [0.15, 0.2) is 0 Å². The van der Waals surface area contributed by atoms with Crippen molar-refractivity contribution in [3.63, 3.8) is 0 Å². The number of halogens is 4. The average Bonchev–Trinajstić information content (AvgIpc) is 3.57. The summed E-state index contributed by atoms with van der Waals surface area (Å²) in [6, 6.07) is 6.28. The molecule has 1 N–H and O–H groups in total. The first-order valence-electron chi connectivity index (χ1n) is 10.5. The van der Waals surface area contributed by atoms with E-state index in [-0.39, 0.29) is 28.7 Å². The van der Waals surface area contributed by atoms with Crippen LogP contribution in [0.5, 0.6) is 0 Å². The average molecular weight is 506 g/mol. The predicted octanol–water partition coefficient (Wildman–Crippen LogP) is 4.35. The molecular formula is C22H18F4N6O2S. The van der Waals surface area contributed by atoms with E-state index in [9.17, 15) is 26.0 Å². The number of rotatable bonds is 5. The zero-order chi connectivity index (χ0) is 25.1. The molecule has 2 aromatic heterocycles. The molecule has 1 fully saturated rings. The summed E-state index contributed by atoms with van der Waals surface area (Å²) in [5.41, 5.74) is -0.207. The van der Waals surface area contributed by atoms with E-state index in [1.165, 1.54) is 17.0 Å². The molecule has 0 unspecified atom stereocenters. The molecule has 2 aromatic carbocycles. The first-order valence-corrected chi connectivity index (χ1v) is 12.0. The Morgan fingerprint density at radius 3 is 2.29 bits per heavy atom. The fourth-order valence-electron chi connectivity index (χ4n) is 3.47. The van der Waals surface area contributed by atoms with Crippen LogP contribution in [-0.2, 0) is 16.0 Å². The Hall–Kier alpha value is -3.61. The van der Waals surface area contributed by atoms with Crippen LogP contribution in [-0.4, -0.2) is 47.4 Å². The van der Waals surface area contributed by atoms with E-state index in [4.69, 9.17) is 0 Å². The van der Waals surface area contributed by atoms with Crippen molar-refractivity contribution in [2.45, 2.75) is 35.0 Å². The van der Waals surface area contributed by atoms with Gasteiger partial charge in [0.2, 0.25) is 15.8 Å². The Morgan fingerprint density at radius 2 is 1.69 bits per heavy atom. The lowest BCUT2D eigenvalue weighted by molar-refractivity contribution is -0.137. The summed E-state index contributed by atoms with van der Waals surface area (Å²) in [5.74, 6) is -0.364. The molecule has 1 saturated carbocycles. The van der Waals surface area contributed by atoms with Crippen molar-refractivity contribution in [3.05, 3.63) is 53.6 Å². The van der Waals surface area contributed by atoms with Crippen LogP contribution in [0, 0.1) is 5.82 Å². The molecule has 0 spiro atoms. The first-order chi connectivity index (χ1) is 16.4. The summed E-state index contributed by atoms with van der Waals surface area (Å²) in [7, 11) is -1.15. The first kappa shape index (κ1) is 23.1. The number of benzene rings is 2. The number of nitrogens with one attached hydrogen (secondary N) is 1. The van der Waals surface area contributed by atoms with Crippen molar-refractivity contribution >= 4 is 26.8 Å². The molecule has 182 valence electrons. The van der Waals surface area contributed by atoms with Gasteiger partial charge in [-0.05, 0) is 31.0 Å². The maximum absolute atomic E-state index is 15.0. The van der Waals surface area contributed by atoms with E-state index in [2.05, 4.69) is 24.9 Å². The van der Waals surface area contributed by atoms with Crippen molar-refractivity contribution in [2.24, 2.45) is 0 Å². The molecule has 2 heterocycles. The number of H-pyrrole nitrogens is 1. The molecule has 0 atom stereocenters. The number of aromatic nitrogens is 5. The Bertz CT molecular complexity index is 1520. The molecule has 1 aliphatic rings. The molecule has 1 aliphatic carbocycles. The lowest BCUT2D eigenvalue weighted by Gasteiger charge is -2.13. The number of anilines is 1. The number of aromatic amines is 1. The van der Waals surface area contributed by atoms with Crippen molar-refractivity contribution in [1.82, 2.24) is 24.9 Å². The van der Waals surface area contributed by atoms with Crippen LogP contribution in [0.2, 0.25) is 0 Å². The van der Waals surface area contributed by atoms with Crippen LogP contribution in [0.15, 0.2) is 46.5 Å². The Labute approximate surface area is 197 Å². The molecule has 4 aromatic rings. The fraction of sp³-hybridized carbons (Fsp3) is 0.273. The summed E-state index contributed by atoms with van der Waals surface area (Å²) in [6.45, 7) is 0. The summed E-state index contributed by atoms with van der Waals surface area (Å²) in [4.78, 5) is 20.4. The second-order valence-electron chi connectivity index (χ2n) is 8.41. The SMILES string of the molecule is CN(C)c1nc(C2CC2)nc(S(=O)(=O)c2cc3[nH]c(-c4ccc(C(F)(F)F)cc4)nc3cc2F)n1. The minimum Gasteiger partial charge on any atom is -0.347 e. The third-order valence-corrected chi connectivity index (χ3v) is 7.07. The number of imidazole rings is 1. The van der Waals surface area contributed by atoms with Gasteiger partial charge in [-0.2, -0.15) is 23.1 Å². The predicted molar refractivity (Wildman–Crippen MR) is 118 cm³/mol. The van der Waals surface area contributed by atoms with Gasteiger partial charge in [0.05, 0.1) is 16.6 Å². The molecule has 0 saturated heterocycles. The highest BCUT2D eigenvalue weighted by Gasteiger charge is 2.33. The van der Waals surface area contributed by atoms with Crippen LogP contribution in [0.4, 0.5) is 23.5 Å². The molecule has 13 heteroatoms. The van der Waals surface area contributed by atoms with Crippen LogP contribution in [0.1, 0.15) is 30.1 Å². The summed E-state index contributed by atoms with van der Waals surface area (Å²) in [5, 5.41) is -0.557. The van der Waals surface area contributed by atoms with E-state index >= 15 is 0 Å². The monoisotopic (exact) mass is 506 g/mol. The van der Waals surface area contributed by atoms with Crippen molar-refractivity contribution in [2.75, 3.05) is 19.0 Å². The smallest absolute Gasteiger partial charge is 0.347 e. The Morgan fingerprint density at radius 1 is 1.00 bits per heavy atom. The van der Waals surface area contributed by atoms with E-state index in [0.717, 1.165) is 37.1 Å². The summed E-state index contributed by atoms with van der Waals surface area (Å²) in [6.07, 6.45) is -2.82. The molecule has 0 amide bonds. The van der Waals surface area contributed by atoms with Crippen molar-refractivity contribution < 1.29 is 26.0 Å². The minimum atomic E-state index is -4.49. The number of hydrogen-bond donors (Lipinski definition) is 1. The Balaban J connectivity index is 1.57. The van der Waals surface area contributed by atoms with Gasteiger partial charge >= 0.3 is 6.18 Å². The van der Waals surface area contributed by atoms with Gasteiger partial charge in [-0.25, -0.2) is 22.8 Å².